The van der Waals surface area contributed by atoms with E-state index in [-0.39, 0.29) is 23.9 Å². The molecule has 1 aromatic carbocycles. The van der Waals surface area contributed by atoms with Gasteiger partial charge in [-0.15, -0.1) is 0 Å². The Morgan fingerprint density at radius 1 is 1.11 bits per heavy atom. The average Bonchev–Trinajstić information content (AvgIpc) is 1.90. The van der Waals surface area contributed by atoms with Gasteiger partial charge in [-0.25, -0.2) is 0 Å². The fraction of sp³-hybridized carbons (Fsp3) is 0.143. The molecule has 9 heavy (non-hydrogen) atoms. The second-order valence-electron chi connectivity index (χ2n) is 1.52. The zero-order chi connectivity index (χ0) is 5.82. The van der Waals surface area contributed by atoms with E-state index >= 15 is 0 Å². The Kier molecular flexibility index (Phi) is 4.58. The van der Waals surface area contributed by atoms with Crippen LogP contribution in [0.25, 0.3) is 0 Å². The van der Waals surface area contributed by atoms with Gasteiger partial charge in [0.2, 0.25) is 0 Å². The quantitative estimate of drug-likeness (QED) is 0.657. The Morgan fingerprint density at radius 3 is 2.00 bits per heavy atom. The molecule has 46 valence electrons. The van der Waals surface area contributed by atoms with Crippen LogP contribution in [-0.2, 0) is 0 Å². The molecule has 0 aliphatic heterocycles. The van der Waals surface area contributed by atoms with E-state index in [4.69, 9.17) is 4.74 Å². The van der Waals surface area contributed by atoms with E-state index in [1.807, 2.05) is 30.3 Å². The number of rotatable bonds is 1. The van der Waals surface area contributed by atoms with Crippen LogP contribution in [0.4, 0.5) is 0 Å². The van der Waals surface area contributed by atoms with E-state index in [0.29, 0.717) is 0 Å². The van der Waals surface area contributed by atoms with Gasteiger partial charge in [-0.05, 0) is 12.1 Å². The van der Waals surface area contributed by atoms with Gasteiger partial charge in [-0.2, -0.15) is 0 Å². The van der Waals surface area contributed by atoms with Crippen molar-refractivity contribution in [3.63, 3.8) is 0 Å². The van der Waals surface area contributed by atoms with E-state index in [2.05, 4.69) is 0 Å². The molecule has 4 radical (unpaired) electrons. The van der Waals surface area contributed by atoms with Gasteiger partial charge in [0.25, 0.3) is 0 Å². The maximum absolute atomic E-state index is 4.91. The van der Waals surface area contributed by atoms with Gasteiger partial charge in [0.05, 0.1) is 7.11 Å². The summed E-state index contributed by atoms with van der Waals surface area (Å²) in [6, 6.07) is 9.68. The van der Waals surface area contributed by atoms with Gasteiger partial charge in [-0.3, -0.25) is 0 Å². The normalized spacial score (nSPS) is 7.67. The molecule has 1 nitrogen and oxygen atoms in total. The van der Waals surface area contributed by atoms with Crippen LogP contribution in [0, 0.1) is 0 Å². The minimum absolute atomic E-state index is 0. The molecule has 0 atom stereocenters. The van der Waals surface area contributed by atoms with E-state index in [9.17, 15) is 0 Å². The third-order valence-corrected chi connectivity index (χ3v) is 0.979. The summed E-state index contributed by atoms with van der Waals surface area (Å²) in [5, 5.41) is 0. The van der Waals surface area contributed by atoms with Crippen molar-refractivity contribution in [2.45, 2.75) is 0 Å². The summed E-state index contributed by atoms with van der Waals surface area (Å²) >= 11 is 0. The van der Waals surface area contributed by atoms with Crippen molar-refractivity contribution in [3.05, 3.63) is 30.3 Å². The minimum Gasteiger partial charge on any atom is -0.497 e. The monoisotopic (exact) mass is 228 g/mol. The van der Waals surface area contributed by atoms with Gasteiger partial charge in [-0.1, -0.05) is 18.2 Å². The van der Waals surface area contributed by atoms with Crippen LogP contribution in [-0.4, -0.2) is 31.0 Å². The number of methoxy groups -OCH3 is 1. The fourth-order valence-electron chi connectivity index (χ4n) is 0.557. The molecule has 0 saturated heterocycles. The predicted octanol–water partition coefficient (Wildman–Crippen LogP) is 1.31. The molecule has 0 N–H and O–H groups in total. The molecule has 1 rings (SSSR count). The largest absolute Gasteiger partial charge is 0.497 e. The van der Waals surface area contributed by atoms with Crippen LogP contribution in [0.1, 0.15) is 0 Å². The van der Waals surface area contributed by atoms with Crippen molar-refractivity contribution < 1.29 is 4.74 Å². The summed E-state index contributed by atoms with van der Waals surface area (Å²) < 4.78 is 4.91. The Labute approximate surface area is 72.0 Å². The van der Waals surface area contributed by atoms with Gasteiger partial charge in [0.15, 0.2) is 0 Å². The van der Waals surface area contributed by atoms with Gasteiger partial charge in [0.1, 0.15) is 5.75 Å². The first kappa shape index (κ1) is 8.82. The molecule has 0 heterocycles. The summed E-state index contributed by atoms with van der Waals surface area (Å²) in [6.45, 7) is 0. The first-order valence-corrected chi connectivity index (χ1v) is 2.52. The summed E-state index contributed by atoms with van der Waals surface area (Å²) in [6.07, 6.45) is 0. The Balaban J connectivity index is 0.000000640. The zero-order valence-electron chi connectivity index (χ0n) is 5.29. The molecule has 0 unspecified atom stereocenters. The second kappa shape index (κ2) is 4.67. The maximum atomic E-state index is 4.91. The van der Waals surface area contributed by atoms with Crippen LogP contribution in [0.2, 0.25) is 0 Å². The van der Waals surface area contributed by atoms with Gasteiger partial charge >= 0.3 is 0 Å². The molecule has 0 aromatic heterocycles. The number of ether oxygens (including phenoxy) is 1. The summed E-state index contributed by atoms with van der Waals surface area (Å²) in [5.74, 6) is 0.910. The fourth-order valence-corrected chi connectivity index (χ4v) is 0.557. The van der Waals surface area contributed by atoms with Crippen LogP contribution in [0.5, 0.6) is 5.75 Å². The van der Waals surface area contributed by atoms with Crippen LogP contribution in [0.3, 0.4) is 0 Å². The number of hydrogen-bond donors (Lipinski definition) is 0. The first-order valence-electron chi connectivity index (χ1n) is 2.52. The molecule has 0 aliphatic rings. The molecule has 0 aliphatic carbocycles. The van der Waals surface area contributed by atoms with Crippen molar-refractivity contribution in [2.75, 3.05) is 7.11 Å². The van der Waals surface area contributed by atoms with Crippen molar-refractivity contribution in [1.82, 2.24) is 0 Å². The molecular formula is C7H8OSn. The summed E-state index contributed by atoms with van der Waals surface area (Å²) in [4.78, 5) is 0. The van der Waals surface area contributed by atoms with Crippen LogP contribution >= 0.6 is 0 Å². The number of para-hydroxylation sites is 1. The molecular weight excluding hydrogens is 219 g/mol. The maximum Gasteiger partial charge on any atom is 0.118 e. The van der Waals surface area contributed by atoms with Crippen molar-refractivity contribution in [1.29, 1.82) is 0 Å². The summed E-state index contributed by atoms with van der Waals surface area (Å²) in [5.41, 5.74) is 0. The second-order valence-corrected chi connectivity index (χ2v) is 1.52. The molecule has 2 heteroatoms. The van der Waals surface area contributed by atoms with Crippen molar-refractivity contribution in [3.8, 4) is 5.75 Å². The van der Waals surface area contributed by atoms with E-state index in [1.165, 1.54) is 0 Å². The molecule has 0 spiro atoms. The standard InChI is InChI=1S/C7H8O.Sn/c1-8-7-5-3-2-4-6-7;/h2-6H,1H3;. The van der Waals surface area contributed by atoms with Crippen LogP contribution < -0.4 is 4.74 Å². The van der Waals surface area contributed by atoms with E-state index in [0.717, 1.165) is 5.75 Å². The van der Waals surface area contributed by atoms with Gasteiger partial charge in [0, 0.05) is 23.9 Å². The Morgan fingerprint density at radius 2 is 1.67 bits per heavy atom. The van der Waals surface area contributed by atoms with Gasteiger partial charge < -0.3 is 4.74 Å². The van der Waals surface area contributed by atoms with E-state index < -0.39 is 0 Å². The van der Waals surface area contributed by atoms with E-state index in [1.54, 1.807) is 7.11 Å². The number of benzene rings is 1. The molecule has 0 amide bonds. The number of hydrogen-bond acceptors (Lipinski definition) is 1. The average molecular weight is 227 g/mol. The topological polar surface area (TPSA) is 9.23 Å². The smallest absolute Gasteiger partial charge is 0.118 e. The third kappa shape index (κ3) is 2.75. The predicted molar refractivity (Wildman–Crippen MR) is 38.7 cm³/mol. The van der Waals surface area contributed by atoms with Crippen molar-refractivity contribution in [2.24, 2.45) is 0 Å². The Hall–Kier alpha value is -0.181. The summed E-state index contributed by atoms with van der Waals surface area (Å²) in [7, 11) is 1.66. The molecule has 0 bridgehead atoms. The Bertz CT molecular complexity index is 150. The molecule has 0 fully saturated rings. The van der Waals surface area contributed by atoms with Crippen molar-refractivity contribution >= 4 is 23.9 Å². The molecule has 1 aromatic rings. The third-order valence-electron chi connectivity index (χ3n) is 0.979. The first-order chi connectivity index (χ1) is 3.93. The SMILES string of the molecule is COc1ccccc1.[Sn]. The van der Waals surface area contributed by atoms with Crippen LogP contribution in [0.15, 0.2) is 30.3 Å². The zero-order valence-corrected chi connectivity index (χ0v) is 8.15. The molecule has 0 saturated carbocycles. The minimum atomic E-state index is 0.